The third kappa shape index (κ3) is 3.07. The lowest BCUT2D eigenvalue weighted by molar-refractivity contribution is -0.388. The Morgan fingerprint density at radius 2 is 1.86 bits per heavy atom. The number of morpholine rings is 1. The number of nitro benzene ring substituents is 1. The number of rotatable bonds is 3. The van der Waals surface area contributed by atoms with Crippen LogP contribution in [-0.2, 0) is 14.8 Å². The molecule has 1 heterocycles. The Balaban J connectivity index is 2.52. The third-order valence-electron chi connectivity index (χ3n) is 3.37. The van der Waals surface area contributed by atoms with Crippen molar-refractivity contribution in [2.24, 2.45) is 0 Å². The van der Waals surface area contributed by atoms with Crippen LogP contribution in [0.3, 0.4) is 0 Å². The molecule has 0 bridgehead atoms. The van der Waals surface area contributed by atoms with E-state index in [0.29, 0.717) is 5.56 Å². The lowest BCUT2D eigenvalue weighted by Crippen LogP contribution is -2.48. The molecular formula is C13H18N2O5S. The molecule has 0 amide bonds. The second kappa shape index (κ2) is 5.70. The number of nitro groups is 1. The van der Waals surface area contributed by atoms with Gasteiger partial charge in [0.2, 0.25) is 10.0 Å². The van der Waals surface area contributed by atoms with Gasteiger partial charge >= 0.3 is 0 Å². The summed E-state index contributed by atoms with van der Waals surface area (Å²) in [5, 5.41) is 11.1. The minimum atomic E-state index is -3.92. The standard InChI is InChI=1S/C13H18N2O5S/c1-9-5-4-6-12(15(16)17)13(9)21(18,19)14-7-10(2)20-11(3)8-14/h4-6,10-11H,7-8H2,1-3H3/t10-,11+. The second-order valence-electron chi connectivity index (χ2n) is 5.26. The van der Waals surface area contributed by atoms with Crippen LogP contribution < -0.4 is 0 Å². The molecule has 1 aromatic rings. The van der Waals surface area contributed by atoms with Gasteiger partial charge in [-0.3, -0.25) is 10.1 Å². The van der Waals surface area contributed by atoms with Gasteiger partial charge in [-0.2, -0.15) is 4.31 Å². The first-order chi connectivity index (χ1) is 9.73. The fraction of sp³-hybridized carbons (Fsp3) is 0.538. The Kier molecular flexibility index (Phi) is 4.31. The number of hydrogen-bond acceptors (Lipinski definition) is 5. The van der Waals surface area contributed by atoms with Crippen LogP contribution in [0.15, 0.2) is 23.1 Å². The van der Waals surface area contributed by atoms with Crippen LogP contribution in [-0.4, -0.2) is 42.9 Å². The molecule has 2 atom stereocenters. The molecule has 116 valence electrons. The zero-order valence-corrected chi connectivity index (χ0v) is 13.0. The predicted octanol–water partition coefficient (Wildman–Crippen LogP) is 1.70. The molecule has 1 aliphatic heterocycles. The van der Waals surface area contributed by atoms with Gasteiger partial charge in [-0.1, -0.05) is 12.1 Å². The monoisotopic (exact) mass is 314 g/mol. The SMILES string of the molecule is Cc1cccc([N+](=O)[O-])c1S(=O)(=O)N1C[C@@H](C)O[C@@H](C)C1. The smallest absolute Gasteiger partial charge is 0.289 e. The van der Waals surface area contributed by atoms with Crippen LogP contribution in [0.4, 0.5) is 5.69 Å². The van der Waals surface area contributed by atoms with Gasteiger partial charge in [0.15, 0.2) is 4.90 Å². The molecule has 1 aromatic carbocycles. The van der Waals surface area contributed by atoms with Gasteiger partial charge < -0.3 is 4.74 Å². The highest BCUT2D eigenvalue weighted by atomic mass is 32.2. The first-order valence-electron chi connectivity index (χ1n) is 6.63. The van der Waals surface area contributed by atoms with Crippen molar-refractivity contribution in [3.63, 3.8) is 0 Å². The van der Waals surface area contributed by atoms with Crippen LogP contribution in [0.25, 0.3) is 0 Å². The fourth-order valence-corrected chi connectivity index (χ4v) is 4.52. The molecule has 0 aliphatic carbocycles. The Morgan fingerprint density at radius 3 is 2.38 bits per heavy atom. The average Bonchev–Trinajstić information content (AvgIpc) is 2.36. The lowest BCUT2D eigenvalue weighted by atomic mass is 10.2. The number of ether oxygens (including phenoxy) is 1. The zero-order valence-electron chi connectivity index (χ0n) is 12.1. The molecule has 2 rings (SSSR count). The van der Waals surface area contributed by atoms with E-state index in [1.807, 2.05) is 0 Å². The summed E-state index contributed by atoms with van der Waals surface area (Å²) in [6.07, 6.45) is -0.488. The topological polar surface area (TPSA) is 89.8 Å². The average molecular weight is 314 g/mol. The molecule has 8 heteroatoms. The highest BCUT2D eigenvalue weighted by molar-refractivity contribution is 7.89. The van der Waals surface area contributed by atoms with Gasteiger partial charge in [0.25, 0.3) is 5.69 Å². The van der Waals surface area contributed by atoms with Crippen molar-refractivity contribution < 1.29 is 18.1 Å². The van der Waals surface area contributed by atoms with E-state index in [4.69, 9.17) is 4.74 Å². The summed E-state index contributed by atoms with van der Waals surface area (Å²) < 4.78 is 32.4. The minimum absolute atomic E-state index is 0.193. The maximum absolute atomic E-state index is 12.8. The van der Waals surface area contributed by atoms with E-state index in [-0.39, 0.29) is 35.9 Å². The van der Waals surface area contributed by atoms with E-state index in [0.717, 1.165) is 0 Å². The van der Waals surface area contributed by atoms with Crippen molar-refractivity contribution in [1.29, 1.82) is 0 Å². The van der Waals surface area contributed by atoms with Crippen molar-refractivity contribution in [3.05, 3.63) is 33.9 Å². The molecule has 0 saturated carbocycles. The normalized spacial score (nSPS) is 24.0. The summed E-state index contributed by atoms with van der Waals surface area (Å²) in [6.45, 7) is 5.51. The quantitative estimate of drug-likeness (QED) is 0.625. The van der Waals surface area contributed by atoms with Gasteiger partial charge in [0, 0.05) is 19.2 Å². The highest BCUT2D eigenvalue weighted by Gasteiger charge is 2.37. The maximum atomic E-state index is 12.8. The van der Waals surface area contributed by atoms with Crippen molar-refractivity contribution >= 4 is 15.7 Å². The summed E-state index contributed by atoms with van der Waals surface area (Å²) in [4.78, 5) is 10.2. The van der Waals surface area contributed by atoms with E-state index in [1.54, 1.807) is 26.8 Å². The number of aryl methyl sites for hydroxylation is 1. The van der Waals surface area contributed by atoms with Crippen LogP contribution in [0.2, 0.25) is 0 Å². The van der Waals surface area contributed by atoms with Crippen molar-refractivity contribution in [2.45, 2.75) is 37.9 Å². The summed E-state index contributed by atoms with van der Waals surface area (Å²) in [5.74, 6) is 0. The molecule has 0 unspecified atom stereocenters. The second-order valence-corrected chi connectivity index (χ2v) is 7.13. The summed E-state index contributed by atoms with van der Waals surface area (Å²) in [5.41, 5.74) is -0.0159. The Hall–Kier alpha value is -1.51. The van der Waals surface area contributed by atoms with Crippen LogP contribution >= 0.6 is 0 Å². The van der Waals surface area contributed by atoms with Gasteiger partial charge in [0.1, 0.15) is 0 Å². The fourth-order valence-electron chi connectivity index (χ4n) is 2.57. The van der Waals surface area contributed by atoms with Crippen LogP contribution in [0, 0.1) is 17.0 Å². The highest BCUT2D eigenvalue weighted by Crippen LogP contribution is 2.31. The van der Waals surface area contributed by atoms with Crippen molar-refractivity contribution in [1.82, 2.24) is 4.31 Å². The van der Waals surface area contributed by atoms with Crippen LogP contribution in [0.1, 0.15) is 19.4 Å². The Morgan fingerprint density at radius 1 is 1.29 bits per heavy atom. The van der Waals surface area contributed by atoms with E-state index in [9.17, 15) is 18.5 Å². The third-order valence-corrected chi connectivity index (χ3v) is 5.40. The predicted molar refractivity (Wildman–Crippen MR) is 76.6 cm³/mol. The van der Waals surface area contributed by atoms with Gasteiger partial charge in [-0.05, 0) is 26.3 Å². The van der Waals surface area contributed by atoms with Crippen molar-refractivity contribution in [2.75, 3.05) is 13.1 Å². The Labute approximate surface area is 123 Å². The molecule has 0 N–H and O–H groups in total. The lowest BCUT2D eigenvalue weighted by Gasteiger charge is -2.34. The van der Waals surface area contributed by atoms with Crippen molar-refractivity contribution in [3.8, 4) is 0 Å². The minimum Gasteiger partial charge on any atom is -0.373 e. The van der Waals surface area contributed by atoms with Gasteiger partial charge in [-0.15, -0.1) is 0 Å². The molecule has 7 nitrogen and oxygen atoms in total. The molecule has 0 spiro atoms. The van der Waals surface area contributed by atoms with E-state index in [2.05, 4.69) is 0 Å². The summed E-state index contributed by atoms with van der Waals surface area (Å²) in [7, 11) is -3.92. The molecule has 0 radical (unpaired) electrons. The molecular weight excluding hydrogens is 296 g/mol. The first-order valence-corrected chi connectivity index (χ1v) is 8.07. The van der Waals surface area contributed by atoms with Crippen LogP contribution in [0.5, 0.6) is 0 Å². The molecule has 1 saturated heterocycles. The zero-order chi connectivity index (χ0) is 15.8. The maximum Gasteiger partial charge on any atom is 0.289 e. The molecule has 1 aliphatic rings. The molecule has 0 aromatic heterocycles. The van der Waals surface area contributed by atoms with Gasteiger partial charge in [0.05, 0.1) is 17.1 Å². The molecule has 1 fully saturated rings. The number of hydrogen-bond donors (Lipinski definition) is 0. The number of benzene rings is 1. The Bertz CT molecular complexity index is 649. The van der Waals surface area contributed by atoms with E-state index < -0.39 is 14.9 Å². The molecule has 21 heavy (non-hydrogen) atoms. The largest absolute Gasteiger partial charge is 0.373 e. The van der Waals surface area contributed by atoms with E-state index >= 15 is 0 Å². The number of nitrogens with zero attached hydrogens (tertiary/aromatic N) is 2. The van der Waals surface area contributed by atoms with Gasteiger partial charge in [-0.25, -0.2) is 8.42 Å². The van der Waals surface area contributed by atoms with E-state index in [1.165, 1.54) is 16.4 Å². The summed E-state index contributed by atoms with van der Waals surface area (Å²) >= 11 is 0. The number of sulfonamides is 1. The first kappa shape index (κ1) is 15.9. The summed E-state index contributed by atoms with van der Waals surface area (Å²) in [6, 6.07) is 4.26.